The predicted octanol–water partition coefficient (Wildman–Crippen LogP) is 2.21. The molecule has 1 aromatic heterocycles. The first kappa shape index (κ1) is 10.1. The number of rotatable bonds is 2. The van der Waals surface area contributed by atoms with Gasteiger partial charge in [-0.05, 0) is 24.6 Å². The lowest BCUT2D eigenvalue weighted by molar-refractivity contribution is 0.415. The molecule has 0 bridgehead atoms. The van der Waals surface area contributed by atoms with E-state index >= 15 is 0 Å². The molecule has 1 aromatic carbocycles. The molecule has 15 heavy (non-hydrogen) atoms. The van der Waals surface area contributed by atoms with Gasteiger partial charge in [0.1, 0.15) is 5.75 Å². The van der Waals surface area contributed by atoms with E-state index < -0.39 is 0 Å². The zero-order valence-corrected chi connectivity index (χ0v) is 9.32. The van der Waals surface area contributed by atoms with Gasteiger partial charge in [-0.2, -0.15) is 0 Å². The van der Waals surface area contributed by atoms with E-state index in [9.17, 15) is 0 Å². The summed E-state index contributed by atoms with van der Waals surface area (Å²) in [6, 6.07) is 6.12. The first-order chi connectivity index (χ1) is 7.13. The first-order valence-electron chi connectivity index (χ1n) is 5.02. The fraction of sp³-hybridized carbons (Fsp3) is 0.333. The van der Waals surface area contributed by atoms with Crippen LogP contribution in [0.4, 0.5) is 0 Å². The van der Waals surface area contributed by atoms with Crippen LogP contribution in [0.1, 0.15) is 18.5 Å². The van der Waals surface area contributed by atoms with Crippen LogP contribution < -0.4 is 10.5 Å². The Kier molecular flexibility index (Phi) is 2.40. The van der Waals surface area contributed by atoms with Gasteiger partial charge in [-0.15, -0.1) is 0 Å². The highest BCUT2D eigenvalue weighted by Crippen LogP contribution is 2.27. The number of hydrogen-bond donors (Lipinski definition) is 1. The molecular formula is C12H16N2O. The third-order valence-electron chi connectivity index (χ3n) is 2.72. The van der Waals surface area contributed by atoms with Crippen molar-refractivity contribution in [2.75, 3.05) is 7.11 Å². The van der Waals surface area contributed by atoms with Gasteiger partial charge in [0, 0.05) is 30.7 Å². The molecule has 1 atom stereocenters. The summed E-state index contributed by atoms with van der Waals surface area (Å²) < 4.78 is 7.28. The molecule has 2 N–H and O–H groups in total. The molecule has 2 aromatic rings. The molecule has 0 aliphatic rings. The Morgan fingerprint density at radius 2 is 2.13 bits per heavy atom. The van der Waals surface area contributed by atoms with E-state index in [0.29, 0.717) is 0 Å². The molecule has 1 heterocycles. The van der Waals surface area contributed by atoms with Gasteiger partial charge < -0.3 is 15.0 Å². The van der Waals surface area contributed by atoms with Crippen LogP contribution >= 0.6 is 0 Å². The zero-order valence-electron chi connectivity index (χ0n) is 9.32. The molecule has 3 nitrogen and oxygen atoms in total. The molecule has 0 aliphatic heterocycles. The number of aromatic nitrogens is 1. The Balaban J connectivity index is 2.69. The van der Waals surface area contributed by atoms with E-state index in [2.05, 4.69) is 16.8 Å². The number of aryl methyl sites for hydroxylation is 1. The third-order valence-corrected chi connectivity index (χ3v) is 2.72. The monoisotopic (exact) mass is 204 g/mol. The van der Waals surface area contributed by atoms with Crippen LogP contribution in [0.3, 0.4) is 0 Å². The molecule has 0 fully saturated rings. The Morgan fingerprint density at radius 3 is 2.73 bits per heavy atom. The van der Waals surface area contributed by atoms with Crippen molar-refractivity contribution in [1.29, 1.82) is 0 Å². The van der Waals surface area contributed by atoms with Crippen molar-refractivity contribution < 1.29 is 4.74 Å². The Labute approximate surface area is 89.4 Å². The third kappa shape index (κ3) is 1.59. The standard InChI is InChI=1S/C12H16N2O/c1-8(13)11-7-14(2)12-6-9(15-3)4-5-10(11)12/h4-8H,13H2,1-3H3. The van der Waals surface area contributed by atoms with E-state index in [4.69, 9.17) is 10.5 Å². The highest BCUT2D eigenvalue weighted by atomic mass is 16.5. The number of nitrogens with zero attached hydrogens (tertiary/aromatic N) is 1. The molecule has 3 heteroatoms. The average molecular weight is 204 g/mol. The number of hydrogen-bond acceptors (Lipinski definition) is 2. The lowest BCUT2D eigenvalue weighted by Gasteiger charge is -2.03. The van der Waals surface area contributed by atoms with Gasteiger partial charge in [0.05, 0.1) is 12.6 Å². The SMILES string of the molecule is COc1ccc2c(C(C)N)cn(C)c2c1. The molecule has 0 saturated carbocycles. The van der Waals surface area contributed by atoms with Crippen molar-refractivity contribution in [3.8, 4) is 5.75 Å². The van der Waals surface area contributed by atoms with E-state index in [1.165, 1.54) is 10.9 Å². The van der Waals surface area contributed by atoms with Gasteiger partial charge in [0.15, 0.2) is 0 Å². The number of ether oxygens (including phenoxy) is 1. The lowest BCUT2D eigenvalue weighted by atomic mass is 10.1. The maximum absolute atomic E-state index is 5.92. The minimum Gasteiger partial charge on any atom is -0.497 e. The van der Waals surface area contributed by atoms with E-state index in [0.717, 1.165) is 11.3 Å². The van der Waals surface area contributed by atoms with Gasteiger partial charge in [-0.3, -0.25) is 0 Å². The van der Waals surface area contributed by atoms with Crippen LogP contribution in [-0.4, -0.2) is 11.7 Å². The number of nitrogens with two attached hydrogens (primary N) is 1. The fourth-order valence-corrected chi connectivity index (χ4v) is 1.88. The van der Waals surface area contributed by atoms with Gasteiger partial charge in [0.2, 0.25) is 0 Å². The molecule has 80 valence electrons. The summed E-state index contributed by atoms with van der Waals surface area (Å²) in [5.74, 6) is 0.875. The van der Waals surface area contributed by atoms with Gasteiger partial charge >= 0.3 is 0 Å². The van der Waals surface area contributed by atoms with E-state index in [-0.39, 0.29) is 6.04 Å². The summed E-state index contributed by atoms with van der Waals surface area (Å²) in [6.45, 7) is 2.00. The molecular weight excluding hydrogens is 188 g/mol. The number of benzene rings is 1. The summed E-state index contributed by atoms with van der Waals surface area (Å²) in [6.07, 6.45) is 2.08. The number of methoxy groups -OCH3 is 1. The Hall–Kier alpha value is -1.48. The number of fused-ring (bicyclic) bond motifs is 1. The smallest absolute Gasteiger partial charge is 0.120 e. The maximum Gasteiger partial charge on any atom is 0.120 e. The molecule has 2 rings (SSSR count). The molecule has 0 saturated heterocycles. The van der Waals surface area contributed by atoms with Crippen LogP contribution in [0.25, 0.3) is 10.9 Å². The van der Waals surface area contributed by atoms with Crippen molar-refractivity contribution in [3.05, 3.63) is 30.0 Å². The summed E-state index contributed by atoms with van der Waals surface area (Å²) in [5.41, 5.74) is 8.25. The molecule has 1 unspecified atom stereocenters. The lowest BCUT2D eigenvalue weighted by Crippen LogP contribution is -2.03. The maximum atomic E-state index is 5.92. The van der Waals surface area contributed by atoms with Crippen molar-refractivity contribution >= 4 is 10.9 Å². The second kappa shape index (κ2) is 3.59. The topological polar surface area (TPSA) is 40.2 Å². The zero-order chi connectivity index (χ0) is 11.0. The van der Waals surface area contributed by atoms with Gasteiger partial charge in [-0.25, -0.2) is 0 Å². The van der Waals surface area contributed by atoms with Crippen molar-refractivity contribution in [1.82, 2.24) is 4.57 Å². The molecule has 0 radical (unpaired) electrons. The predicted molar refractivity (Wildman–Crippen MR) is 62.1 cm³/mol. The van der Waals surface area contributed by atoms with Crippen LogP contribution in [0.15, 0.2) is 24.4 Å². The van der Waals surface area contributed by atoms with Crippen molar-refractivity contribution in [3.63, 3.8) is 0 Å². The fourth-order valence-electron chi connectivity index (χ4n) is 1.88. The minimum absolute atomic E-state index is 0.0575. The van der Waals surface area contributed by atoms with Gasteiger partial charge in [0.25, 0.3) is 0 Å². The van der Waals surface area contributed by atoms with Crippen molar-refractivity contribution in [2.45, 2.75) is 13.0 Å². The second-order valence-electron chi connectivity index (χ2n) is 3.87. The van der Waals surface area contributed by atoms with E-state index in [1.54, 1.807) is 7.11 Å². The van der Waals surface area contributed by atoms with E-state index in [1.807, 2.05) is 26.1 Å². The Bertz CT molecular complexity index is 486. The molecule has 0 aliphatic carbocycles. The van der Waals surface area contributed by atoms with Crippen molar-refractivity contribution in [2.24, 2.45) is 12.8 Å². The summed E-state index contributed by atoms with van der Waals surface area (Å²) in [4.78, 5) is 0. The minimum atomic E-state index is 0.0575. The summed E-state index contributed by atoms with van der Waals surface area (Å²) in [5, 5.41) is 1.20. The normalized spacial score (nSPS) is 13.1. The van der Waals surface area contributed by atoms with Crippen LogP contribution in [0.2, 0.25) is 0 Å². The van der Waals surface area contributed by atoms with Crippen LogP contribution in [-0.2, 0) is 7.05 Å². The second-order valence-corrected chi connectivity index (χ2v) is 3.87. The molecule has 0 spiro atoms. The quantitative estimate of drug-likeness (QED) is 0.814. The Morgan fingerprint density at radius 1 is 1.40 bits per heavy atom. The molecule has 0 amide bonds. The highest BCUT2D eigenvalue weighted by Gasteiger charge is 2.10. The first-order valence-corrected chi connectivity index (χ1v) is 5.02. The average Bonchev–Trinajstić information content (AvgIpc) is 2.56. The van der Waals surface area contributed by atoms with Gasteiger partial charge in [-0.1, -0.05) is 0 Å². The largest absolute Gasteiger partial charge is 0.497 e. The van der Waals surface area contributed by atoms with Crippen LogP contribution in [0, 0.1) is 0 Å². The summed E-state index contributed by atoms with van der Waals surface area (Å²) >= 11 is 0. The highest BCUT2D eigenvalue weighted by molar-refractivity contribution is 5.85. The van der Waals surface area contributed by atoms with Crippen LogP contribution in [0.5, 0.6) is 5.75 Å². The summed E-state index contributed by atoms with van der Waals surface area (Å²) in [7, 11) is 3.70.